The van der Waals surface area contributed by atoms with Gasteiger partial charge in [-0.05, 0) is 55.6 Å². The zero-order valence-electron chi connectivity index (χ0n) is 13.2. The van der Waals surface area contributed by atoms with Crippen molar-refractivity contribution in [3.63, 3.8) is 0 Å². The van der Waals surface area contributed by atoms with Crippen molar-refractivity contribution in [2.75, 3.05) is 20.2 Å². The molecule has 0 N–H and O–H groups in total. The molecule has 2 nitrogen and oxygen atoms in total. The summed E-state index contributed by atoms with van der Waals surface area (Å²) < 4.78 is 5.26. The summed E-state index contributed by atoms with van der Waals surface area (Å²) in [6.45, 7) is 10.6. The first-order chi connectivity index (χ1) is 9.36. The van der Waals surface area contributed by atoms with Crippen molar-refractivity contribution in [3.8, 4) is 5.75 Å². The van der Waals surface area contributed by atoms with Crippen LogP contribution in [-0.4, -0.2) is 31.1 Å². The zero-order valence-corrected chi connectivity index (χ0v) is 13.2. The molecule has 1 aliphatic heterocycles. The summed E-state index contributed by atoms with van der Waals surface area (Å²) in [5, 5.41) is 0. The molecule has 19 heavy (non-hydrogen) atoms. The van der Waals surface area contributed by atoms with Crippen molar-refractivity contribution in [2.45, 2.75) is 53.0 Å². The molecule has 1 atom stereocenters. The van der Waals surface area contributed by atoms with Gasteiger partial charge in [-0.25, -0.2) is 0 Å². The Kier molecular flexibility index (Phi) is 6.93. The van der Waals surface area contributed by atoms with Crippen molar-refractivity contribution < 1.29 is 4.74 Å². The van der Waals surface area contributed by atoms with Gasteiger partial charge in [-0.3, -0.25) is 4.90 Å². The summed E-state index contributed by atoms with van der Waals surface area (Å²) in [4.78, 5) is 2.60. The summed E-state index contributed by atoms with van der Waals surface area (Å²) in [7, 11) is 1.74. The highest BCUT2D eigenvalue weighted by molar-refractivity contribution is 5.40. The predicted octanol–water partition coefficient (Wildman–Crippen LogP) is 3.92. The fourth-order valence-electron chi connectivity index (χ4n) is 2.66. The Morgan fingerprint density at radius 1 is 1.00 bits per heavy atom. The molecule has 0 amide bonds. The van der Waals surface area contributed by atoms with E-state index in [1.165, 1.54) is 43.5 Å². The van der Waals surface area contributed by atoms with E-state index in [9.17, 15) is 0 Å². The summed E-state index contributed by atoms with van der Waals surface area (Å²) in [6.07, 6.45) is 3.84. The van der Waals surface area contributed by atoms with E-state index in [1.807, 2.05) is 27.7 Å². The maximum Gasteiger partial charge on any atom is 0.119 e. The summed E-state index contributed by atoms with van der Waals surface area (Å²) in [6, 6.07) is 7.28. The Labute approximate surface area is 118 Å². The van der Waals surface area contributed by atoms with Gasteiger partial charge in [-0.15, -0.1) is 0 Å². The Balaban J connectivity index is 0.000000415. The highest BCUT2D eigenvalue weighted by Gasteiger charge is 2.29. The van der Waals surface area contributed by atoms with Gasteiger partial charge in [0, 0.05) is 6.04 Å². The highest BCUT2D eigenvalue weighted by atomic mass is 16.5. The SMILES string of the molecule is CC.CC.COc1ccc2c(c1)CC(N1CCC1)C2. The predicted molar refractivity (Wildman–Crippen MR) is 83.1 cm³/mol. The van der Waals surface area contributed by atoms with E-state index in [-0.39, 0.29) is 0 Å². The molecule has 1 saturated heterocycles. The van der Waals surface area contributed by atoms with E-state index >= 15 is 0 Å². The lowest BCUT2D eigenvalue weighted by Gasteiger charge is -2.36. The second-order valence-corrected chi connectivity index (χ2v) is 4.59. The van der Waals surface area contributed by atoms with Crippen LogP contribution >= 0.6 is 0 Å². The Hall–Kier alpha value is -1.02. The molecule has 2 aliphatic rings. The lowest BCUT2D eigenvalue weighted by atomic mass is 10.1. The molecule has 0 radical (unpaired) electrons. The van der Waals surface area contributed by atoms with E-state index in [4.69, 9.17) is 4.74 Å². The second kappa shape index (κ2) is 8.21. The van der Waals surface area contributed by atoms with Crippen LogP contribution in [0.3, 0.4) is 0 Å². The molecule has 0 bridgehead atoms. The number of fused-ring (bicyclic) bond motifs is 1. The Morgan fingerprint density at radius 2 is 1.63 bits per heavy atom. The van der Waals surface area contributed by atoms with E-state index in [1.54, 1.807) is 7.11 Å². The number of nitrogens with zero attached hydrogens (tertiary/aromatic N) is 1. The van der Waals surface area contributed by atoms with Gasteiger partial charge in [0.1, 0.15) is 5.75 Å². The van der Waals surface area contributed by atoms with Crippen molar-refractivity contribution in [1.29, 1.82) is 0 Å². The van der Waals surface area contributed by atoms with Gasteiger partial charge in [-0.2, -0.15) is 0 Å². The molecule has 1 aromatic rings. The van der Waals surface area contributed by atoms with Crippen LogP contribution in [0.25, 0.3) is 0 Å². The van der Waals surface area contributed by atoms with E-state index in [0.717, 1.165) is 11.8 Å². The average Bonchev–Trinajstić information content (AvgIpc) is 2.83. The number of likely N-dealkylation sites (tertiary alicyclic amines) is 1. The highest BCUT2D eigenvalue weighted by Crippen LogP contribution is 2.30. The van der Waals surface area contributed by atoms with Crippen LogP contribution in [0.15, 0.2) is 18.2 Å². The first kappa shape index (κ1) is 16.0. The molecule has 108 valence electrons. The fraction of sp³-hybridized carbons (Fsp3) is 0.647. The van der Waals surface area contributed by atoms with Crippen LogP contribution in [0.1, 0.15) is 45.2 Å². The third-order valence-corrected chi connectivity index (χ3v) is 3.73. The van der Waals surface area contributed by atoms with Crippen molar-refractivity contribution in [3.05, 3.63) is 29.3 Å². The normalized spacial score (nSPS) is 20.2. The fourth-order valence-corrected chi connectivity index (χ4v) is 2.66. The minimum Gasteiger partial charge on any atom is -0.497 e. The average molecular weight is 263 g/mol. The van der Waals surface area contributed by atoms with Gasteiger partial charge >= 0.3 is 0 Å². The number of ether oxygens (including phenoxy) is 1. The Morgan fingerprint density at radius 3 is 2.16 bits per heavy atom. The van der Waals surface area contributed by atoms with Crippen LogP contribution < -0.4 is 4.74 Å². The van der Waals surface area contributed by atoms with Crippen molar-refractivity contribution in [1.82, 2.24) is 4.90 Å². The molecule has 3 rings (SSSR count). The smallest absolute Gasteiger partial charge is 0.119 e. The maximum absolute atomic E-state index is 5.26. The van der Waals surface area contributed by atoms with Crippen LogP contribution in [-0.2, 0) is 12.8 Å². The molecule has 1 aromatic carbocycles. The number of rotatable bonds is 2. The topological polar surface area (TPSA) is 12.5 Å². The van der Waals surface area contributed by atoms with Crippen LogP contribution in [0.5, 0.6) is 5.75 Å². The van der Waals surface area contributed by atoms with Crippen LogP contribution in [0, 0.1) is 0 Å². The Bertz CT molecular complexity index is 372. The molecule has 0 spiro atoms. The maximum atomic E-state index is 5.26. The molecule has 1 unspecified atom stereocenters. The molecule has 1 aliphatic carbocycles. The molecule has 0 saturated carbocycles. The van der Waals surface area contributed by atoms with E-state index in [0.29, 0.717) is 0 Å². The standard InChI is InChI=1S/C13H17NO.2C2H6/c1-15-13-4-3-10-7-12(8-11(10)9-13)14-5-2-6-14;2*1-2/h3-4,9,12H,2,5-8H2,1H3;2*1-2H3. The largest absolute Gasteiger partial charge is 0.497 e. The van der Waals surface area contributed by atoms with Crippen LogP contribution in [0.4, 0.5) is 0 Å². The lowest BCUT2D eigenvalue weighted by molar-refractivity contribution is 0.123. The van der Waals surface area contributed by atoms with Gasteiger partial charge in [0.25, 0.3) is 0 Å². The van der Waals surface area contributed by atoms with Gasteiger partial charge in [-0.1, -0.05) is 33.8 Å². The zero-order chi connectivity index (χ0) is 14.3. The number of methoxy groups -OCH3 is 1. The summed E-state index contributed by atoms with van der Waals surface area (Å²) >= 11 is 0. The first-order valence-electron chi connectivity index (χ1n) is 7.76. The monoisotopic (exact) mass is 263 g/mol. The minimum atomic E-state index is 0.765. The number of benzene rings is 1. The first-order valence-corrected chi connectivity index (χ1v) is 7.76. The van der Waals surface area contributed by atoms with E-state index in [2.05, 4.69) is 23.1 Å². The molecule has 2 heteroatoms. The van der Waals surface area contributed by atoms with Gasteiger partial charge < -0.3 is 4.74 Å². The molecular weight excluding hydrogens is 234 g/mol. The third kappa shape index (κ3) is 3.73. The van der Waals surface area contributed by atoms with E-state index < -0.39 is 0 Å². The van der Waals surface area contributed by atoms with Gasteiger partial charge in [0.05, 0.1) is 7.11 Å². The van der Waals surface area contributed by atoms with Gasteiger partial charge in [0.2, 0.25) is 0 Å². The van der Waals surface area contributed by atoms with Crippen LogP contribution in [0.2, 0.25) is 0 Å². The van der Waals surface area contributed by atoms with Crippen molar-refractivity contribution in [2.24, 2.45) is 0 Å². The van der Waals surface area contributed by atoms with Gasteiger partial charge in [0.15, 0.2) is 0 Å². The number of hydrogen-bond acceptors (Lipinski definition) is 2. The molecular formula is C17H29NO. The van der Waals surface area contributed by atoms with Crippen molar-refractivity contribution >= 4 is 0 Å². The molecule has 1 fully saturated rings. The minimum absolute atomic E-state index is 0.765. The quantitative estimate of drug-likeness (QED) is 0.802. The molecule has 1 heterocycles. The number of hydrogen-bond donors (Lipinski definition) is 0. The summed E-state index contributed by atoms with van der Waals surface area (Å²) in [5.74, 6) is 0.998. The molecule has 0 aromatic heterocycles. The summed E-state index contributed by atoms with van der Waals surface area (Å²) in [5.41, 5.74) is 3.01. The third-order valence-electron chi connectivity index (χ3n) is 3.73. The second-order valence-electron chi connectivity index (χ2n) is 4.59. The lowest BCUT2D eigenvalue weighted by Crippen LogP contribution is -2.45.